The normalized spacial score (nSPS) is 16.9. The van der Waals surface area contributed by atoms with Gasteiger partial charge in [-0.25, -0.2) is 13.8 Å². The Bertz CT molecular complexity index is 1520. The van der Waals surface area contributed by atoms with Gasteiger partial charge in [-0.3, -0.25) is 9.80 Å². The van der Waals surface area contributed by atoms with Crippen LogP contribution in [0, 0.1) is 17.6 Å². The highest BCUT2D eigenvalue weighted by Gasteiger charge is 2.34. The van der Waals surface area contributed by atoms with Gasteiger partial charge in [-0.05, 0) is 66.4 Å². The van der Waals surface area contributed by atoms with E-state index in [9.17, 15) is 8.78 Å². The van der Waals surface area contributed by atoms with Gasteiger partial charge in [-0.15, -0.1) is 0 Å². The molecule has 3 heterocycles. The van der Waals surface area contributed by atoms with Crippen molar-refractivity contribution in [1.82, 2.24) is 9.79 Å². The first kappa shape index (κ1) is 23.0. The van der Waals surface area contributed by atoms with Gasteiger partial charge in [-0.1, -0.05) is 12.1 Å². The molecule has 3 aliphatic rings. The van der Waals surface area contributed by atoms with E-state index in [1.54, 1.807) is 6.21 Å². The molecule has 183 valence electrons. The van der Waals surface area contributed by atoms with E-state index in [1.807, 2.05) is 65.1 Å². The molecule has 10 heteroatoms. The van der Waals surface area contributed by atoms with Gasteiger partial charge in [-0.2, -0.15) is 5.10 Å². The molecule has 2 aromatic carbocycles. The van der Waals surface area contributed by atoms with Crippen molar-refractivity contribution < 1.29 is 13.3 Å². The van der Waals surface area contributed by atoms with Gasteiger partial charge >= 0.3 is 7.55 Å². The van der Waals surface area contributed by atoms with Gasteiger partial charge in [0.25, 0.3) is 5.84 Å². The van der Waals surface area contributed by atoms with Crippen molar-refractivity contribution in [2.75, 3.05) is 5.73 Å². The number of amidine groups is 1. The Hall–Kier alpha value is -4.47. The molecule has 0 unspecified atom stereocenters. The number of fused-ring (bicyclic) bond motifs is 2. The van der Waals surface area contributed by atoms with Gasteiger partial charge < -0.3 is 16.1 Å². The van der Waals surface area contributed by atoms with E-state index >= 15 is 0 Å². The molecule has 3 aromatic rings. The maximum Gasteiger partial charge on any atom is 0.553 e. The quantitative estimate of drug-likeness (QED) is 0.160. The van der Waals surface area contributed by atoms with Crippen molar-refractivity contribution in [1.29, 1.82) is 0 Å². The number of hydrogen-bond acceptors (Lipinski definition) is 5. The third-order valence-electron chi connectivity index (χ3n) is 6.63. The average molecular weight is 495 g/mol. The lowest BCUT2D eigenvalue weighted by Gasteiger charge is -2.21. The Kier molecular flexibility index (Phi) is 5.71. The van der Waals surface area contributed by atoms with Crippen molar-refractivity contribution in [3.8, 4) is 0 Å². The minimum absolute atomic E-state index is 0.254. The van der Waals surface area contributed by atoms with Crippen molar-refractivity contribution >= 4 is 42.4 Å². The Morgan fingerprint density at radius 2 is 1.84 bits per heavy atom. The first-order valence-electron chi connectivity index (χ1n) is 12.0. The number of nitrogens with zero attached hydrogens (tertiary/aromatic N) is 4. The number of hydrazone groups is 1. The van der Waals surface area contributed by atoms with Crippen LogP contribution in [-0.4, -0.2) is 34.3 Å². The van der Waals surface area contributed by atoms with E-state index < -0.39 is 11.6 Å². The summed E-state index contributed by atoms with van der Waals surface area (Å²) in [7, 11) is 1.95. The smallest absolute Gasteiger partial charge is 0.399 e. The largest absolute Gasteiger partial charge is 0.553 e. The molecule has 0 spiro atoms. The van der Waals surface area contributed by atoms with Crippen molar-refractivity contribution in [3.05, 3.63) is 101 Å². The second kappa shape index (κ2) is 9.20. The zero-order valence-electron chi connectivity index (χ0n) is 19.9. The predicted octanol–water partition coefficient (Wildman–Crippen LogP) is 3.70. The number of nitrogen functional groups attached to an aromatic ring is 1. The number of aliphatic imine (C=N–C) groups is 1. The molecule has 0 amide bonds. The molecule has 2 aliphatic heterocycles. The van der Waals surface area contributed by atoms with Crippen LogP contribution in [0.4, 0.5) is 20.3 Å². The number of nitrogens with two attached hydrogens (primary N) is 2. The molecule has 0 bridgehead atoms. The van der Waals surface area contributed by atoms with E-state index in [2.05, 4.69) is 10.4 Å². The average Bonchev–Trinajstić information content (AvgIpc) is 3.52. The summed E-state index contributed by atoms with van der Waals surface area (Å²) in [5, 5.41) is 7.21. The number of aromatic nitrogens is 1. The van der Waals surface area contributed by atoms with Crippen LogP contribution in [0.1, 0.15) is 29.7 Å². The highest BCUT2D eigenvalue weighted by molar-refractivity contribution is 6.33. The number of halogens is 2. The number of rotatable bonds is 6. The van der Waals surface area contributed by atoms with Gasteiger partial charge in [0.15, 0.2) is 0 Å². The minimum Gasteiger partial charge on any atom is -0.399 e. The van der Waals surface area contributed by atoms with Crippen LogP contribution < -0.4 is 16.9 Å². The molecule has 6 rings (SSSR count). The molecule has 1 aliphatic carbocycles. The van der Waals surface area contributed by atoms with E-state index in [0.29, 0.717) is 17.2 Å². The first-order chi connectivity index (χ1) is 18.0. The number of allylic oxidation sites excluding steroid dienone is 1. The van der Waals surface area contributed by atoms with E-state index in [1.165, 1.54) is 12.1 Å². The number of anilines is 1. The van der Waals surface area contributed by atoms with Crippen LogP contribution >= 0.6 is 0 Å². The zero-order chi connectivity index (χ0) is 25.5. The van der Waals surface area contributed by atoms with Crippen LogP contribution in [-0.2, 0) is 6.54 Å². The third-order valence-corrected chi connectivity index (χ3v) is 6.63. The molecular weight excluding hydrogens is 471 g/mol. The van der Waals surface area contributed by atoms with Gasteiger partial charge in [0.2, 0.25) is 0 Å². The third kappa shape index (κ3) is 4.46. The van der Waals surface area contributed by atoms with Crippen molar-refractivity contribution in [3.63, 3.8) is 0 Å². The summed E-state index contributed by atoms with van der Waals surface area (Å²) in [6.07, 6.45) is 7.85. The van der Waals surface area contributed by atoms with E-state index in [4.69, 9.17) is 16.6 Å². The molecule has 5 N–H and O–H groups in total. The van der Waals surface area contributed by atoms with Crippen LogP contribution in [0.15, 0.2) is 82.5 Å². The lowest BCUT2D eigenvalue weighted by molar-refractivity contribution is -0.315. The van der Waals surface area contributed by atoms with E-state index in [-0.39, 0.29) is 6.54 Å². The lowest BCUT2D eigenvalue weighted by atomic mass is 9.93. The van der Waals surface area contributed by atoms with Crippen molar-refractivity contribution in [2.45, 2.75) is 19.4 Å². The fourth-order valence-electron chi connectivity index (χ4n) is 4.64. The van der Waals surface area contributed by atoms with Crippen molar-refractivity contribution in [2.24, 2.45) is 21.9 Å². The fourth-order valence-corrected chi connectivity index (χ4v) is 4.64. The maximum absolute atomic E-state index is 13.7. The van der Waals surface area contributed by atoms with Gasteiger partial charge in [0, 0.05) is 35.0 Å². The van der Waals surface area contributed by atoms with Gasteiger partial charge in [0.1, 0.15) is 29.7 Å². The summed E-state index contributed by atoms with van der Waals surface area (Å²) in [4.78, 5) is 4.70. The monoisotopic (exact) mass is 495 g/mol. The molecule has 7 nitrogen and oxygen atoms in total. The lowest BCUT2D eigenvalue weighted by Crippen LogP contribution is -2.36. The predicted molar refractivity (Wildman–Crippen MR) is 143 cm³/mol. The molecular formula is C27H24BF2N7+. The summed E-state index contributed by atoms with van der Waals surface area (Å²) < 4.78 is 31.4. The minimum atomic E-state index is -0.606. The highest BCUT2D eigenvalue weighted by atomic mass is 19.1. The molecule has 1 aromatic heterocycles. The molecule has 0 saturated heterocycles. The van der Waals surface area contributed by atoms with Crippen LogP contribution in [0.5, 0.6) is 0 Å². The second-order valence-electron chi connectivity index (χ2n) is 9.25. The van der Waals surface area contributed by atoms with Crippen LogP contribution in [0.25, 0.3) is 5.57 Å². The fraction of sp³-hybridized carbons (Fsp3) is 0.148. The summed E-state index contributed by atoms with van der Waals surface area (Å²) >= 11 is 0. The first-order valence-corrected chi connectivity index (χ1v) is 12.0. The topological polar surface area (TPSA) is 96.7 Å². The maximum atomic E-state index is 13.7. The standard InChI is InChI=1S/C27H24BF2N7/c29-19-11-16(12-20(30)13-19)14-33-25-9-7-23-27(18-3-5-21(31)6-4-18)24-8-10-26(37(24)28-36(23)25)34-15-22(35-32)17-1-2-17/h3-13,15,17,33H,1-2,14,31-32H2/q+1. The summed E-state index contributed by atoms with van der Waals surface area (Å²) in [5.74, 6) is 6.24. The van der Waals surface area contributed by atoms with E-state index in [0.717, 1.165) is 58.8 Å². The summed E-state index contributed by atoms with van der Waals surface area (Å²) in [6.45, 7) is 0.254. The molecule has 0 atom stereocenters. The Morgan fingerprint density at radius 1 is 1.08 bits per heavy atom. The Balaban J connectivity index is 1.40. The molecule has 1 fully saturated rings. The summed E-state index contributed by atoms with van der Waals surface area (Å²) in [5.41, 5.74) is 11.9. The molecule has 37 heavy (non-hydrogen) atoms. The summed E-state index contributed by atoms with van der Waals surface area (Å²) in [6, 6.07) is 15.2. The van der Waals surface area contributed by atoms with Crippen LogP contribution in [0.3, 0.4) is 0 Å². The highest BCUT2D eigenvalue weighted by Crippen LogP contribution is 2.36. The number of benzene rings is 2. The zero-order valence-corrected chi connectivity index (χ0v) is 19.9. The molecule has 1 saturated carbocycles. The Labute approximate surface area is 213 Å². The Morgan fingerprint density at radius 3 is 2.54 bits per heavy atom. The van der Waals surface area contributed by atoms with Gasteiger partial charge in [0.05, 0.1) is 11.9 Å². The molecule has 1 radical (unpaired) electrons. The second-order valence-corrected chi connectivity index (χ2v) is 9.25. The van der Waals surface area contributed by atoms with Crippen LogP contribution in [0.2, 0.25) is 0 Å². The number of hydrogen-bond donors (Lipinski definition) is 3. The number of nitrogens with one attached hydrogen (secondary N) is 1. The SMILES string of the molecule is NN=C(C=Nc1ccc2n1[B][N+]1=C(NCc3cc(F)cc(F)c3)C=CC1=C2c1ccc(N)cc1)C1CC1.